The highest BCUT2D eigenvalue weighted by molar-refractivity contribution is 5.73. The molecule has 0 fully saturated rings. The molecule has 1 heterocycles. The van der Waals surface area contributed by atoms with Gasteiger partial charge in [-0.1, -0.05) is 37.5 Å². The largest absolute Gasteiger partial charge is 0.283 e. The molecule has 1 aromatic heterocycles. The van der Waals surface area contributed by atoms with Crippen molar-refractivity contribution < 1.29 is 0 Å². The summed E-state index contributed by atoms with van der Waals surface area (Å²) in [5.74, 6) is 1.69. The molecule has 0 amide bonds. The van der Waals surface area contributed by atoms with Crippen LogP contribution in [0, 0.1) is 13.8 Å². The molecule has 3 nitrogen and oxygen atoms in total. The molecule has 0 N–H and O–H groups in total. The lowest BCUT2D eigenvalue weighted by molar-refractivity contribution is 0.958. The summed E-state index contributed by atoms with van der Waals surface area (Å²) in [5, 5.41) is 8.21. The third-order valence-electron chi connectivity index (χ3n) is 2.69. The van der Waals surface area contributed by atoms with Crippen LogP contribution in [0.25, 0.3) is 5.70 Å². The molecule has 0 aliphatic rings. The SMILES string of the molecule is C=C\C=C(/C(=C/C=C\C)C(=C)C)n1c(C)nnc1C. The molecule has 3 heteroatoms. The predicted octanol–water partition coefficient (Wildman–Crippen LogP) is 4.00. The van der Waals surface area contributed by atoms with E-state index in [1.54, 1.807) is 6.08 Å². The van der Waals surface area contributed by atoms with Crippen LogP contribution in [0.5, 0.6) is 0 Å². The van der Waals surface area contributed by atoms with Crippen molar-refractivity contribution >= 4 is 5.70 Å². The van der Waals surface area contributed by atoms with E-state index in [0.29, 0.717) is 0 Å². The Morgan fingerprint density at radius 1 is 1.16 bits per heavy atom. The third kappa shape index (κ3) is 3.41. The van der Waals surface area contributed by atoms with Crippen LogP contribution in [0.2, 0.25) is 0 Å². The minimum absolute atomic E-state index is 0.846. The summed E-state index contributed by atoms with van der Waals surface area (Å²) in [7, 11) is 0. The van der Waals surface area contributed by atoms with Crippen molar-refractivity contribution in [1.29, 1.82) is 0 Å². The van der Waals surface area contributed by atoms with E-state index in [0.717, 1.165) is 28.5 Å². The van der Waals surface area contributed by atoms with Crippen molar-refractivity contribution in [3.05, 3.63) is 66.3 Å². The van der Waals surface area contributed by atoms with Gasteiger partial charge in [-0.2, -0.15) is 0 Å². The third-order valence-corrected chi connectivity index (χ3v) is 2.69. The van der Waals surface area contributed by atoms with Gasteiger partial charge in [0, 0.05) is 5.57 Å². The van der Waals surface area contributed by atoms with E-state index in [4.69, 9.17) is 0 Å². The van der Waals surface area contributed by atoms with E-state index in [2.05, 4.69) is 23.4 Å². The minimum atomic E-state index is 0.846. The van der Waals surface area contributed by atoms with Gasteiger partial charge in [0.05, 0.1) is 5.70 Å². The molecule has 0 spiro atoms. The van der Waals surface area contributed by atoms with Crippen LogP contribution in [0.15, 0.2) is 54.7 Å². The summed E-state index contributed by atoms with van der Waals surface area (Å²) in [6.07, 6.45) is 9.74. The molecule has 1 rings (SSSR count). The number of aromatic nitrogens is 3. The van der Waals surface area contributed by atoms with E-state index >= 15 is 0 Å². The second-order valence-electron chi connectivity index (χ2n) is 4.30. The summed E-state index contributed by atoms with van der Waals surface area (Å²) in [5.41, 5.74) is 3.02. The molecule has 0 radical (unpaired) electrons. The van der Waals surface area contributed by atoms with Gasteiger partial charge in [-0.3, -0.25) is 4.57 Å². The fourth-order valence-corrected chi connectivity index (χ4v) is 1.85. The molecule has 0 saturated carbocycles. The number of hydrogen-bond donors (Lipinski definition) is 0. The van der Waals surface area contributed by atoms with Gasteiger partial charge < -0.3 is 0 Å². The first kappa shape index (κ1) is 14.9. The van der Waals surface area contributed by atoms with Crippen LogP contribution in [-0.4, -0.2) is 14.8 Å². The molecule has 0 bridgehead atoms. The summed E-state index contributed by atoms with van der Waals surface area (Å²) in [6.45, 7) is 15.7. The quantitative estimate of drug-likeness (QED) is 0.744. The van der Waals surface area contributed by atoms with Crippen LogP contribution >= 0.6 is 0 Å². The van der Waals surface area contributed by atoms with Gasteiger partial charge in [0.1, 0.15) is 11.6 Å². The van der Waals surface area contributed by atoms with Crippen LogP contribution < -0.4 is 0 Å². The average molecular weight is 255 g/mol. The molecule has 100 valence electrons. The van der Waals surface area contributed by atoms with Gasteiger partial charge in [-0.15, -0.1) is 10.2 Å². The Bertz CT molecular complexity index is 549. The molecule has 1 aromatic rings. The van der Waals surface area contributed by atoms with Gasteiger partial charge in [0.25, 0.3) is 0 Å². The van der Waals surface area contributed by atoms with Crippen molar-refractivity contribution in [3.63, 3.8) is 0 Å². The van der Waals surface area contributed by atoms with Crippen molar-refractivity contribution in [2.24, 2.45) is 0 Å². The van der Waals surface area contributed by atoms with Crippen LogP contribution in [-0.2, 0) is 0 Å². The number of hydrogen-bond acceptors (Lipinski definition) is 2. The lowest BCUT2D eigenvalue weighted by atomic mass is 10.0. The van der Waals surface area contributed by atoms with Crippen LogP contribution in [0.4, 0.5) is 0 Å². The van der Waals surface area contributed by atoms with Crippen LogP contribution in [0.3, 0.4) is 0 Å². The number of rotatable bonds is 5. The second-order valence-corrected chi connectivity index (χ2v) is 4.30. The van der Waals surface area contributed by atoms with E-state index in [1.165, 1.54) is 0 Å². The molecule has 0 aliphatic carbocycles. The van der Waals surface area contributed by atoms with Crippen molar-refractivity contribution in [3.8, 4) is 0 Å². The first-order chi connectivity index (χ1) is 9.02. The zero-order chi connectivity index (χ0) is 14.4. The van der Waals surface area contributed by atoms with Gasteiger partial charge in [-0.05, 0) is 39.3 Å². The Morgan fingerprint density at radius 2 is 1.74 bits per heavy atom. The Kier molecular flexibility index (Phi) is 5.24. The molecule has 0 atom stereocenters. The predicted molar refractivity (Wildman–Crippen MR) is 81.7 cm³/mol. The van der Waals surface area contributed by atoms with E-state index in [-0.39, 0.29) is 0 Å². The summed E-state index contributed by atoms with van der Waals surface area (Å²) >= 11 is 0. The Balaban J connectivity index is 3.48. The zero-order valence-corrected chi connectivity index (χ0v) is 12.1. The molecule has 19 heavy (non-hydrogen) atoms. The van der Waals surface area contributed by atoms with Gasteiger partial charge >= 0.3 is 0 Å². The maximum Gasteiger partial charge on any atom is 0.134 e. The summed E-state index contributed by atoms with van der Waals surface area (Å²) in [4.78, 5) is 0. The van der Waals surface area contributed by atoms with E-state index < -0.39 is 0 Å². The Labute approximate surface area is 115 Å². The van der Waals surface area contributed by atoms with Gasteiger partial charge in [0.15, 0.2) is 0 Å². The Hall–Kier alpha value is -2.16. The summed E-state index contributed by atoms with van der Waals surface area (Å²) in [6, 6.07) is 0. The smallest absolute Gasteiger partial charge is 0.134 e. The van der Waals surface area contributed by atoms with Gasteiger partial charge in [0.2, 0.25) is 0 Å². The molecular weight excluding hydrogens is 234 g/mol. The number of nitrogens with zero attached hydrogens (tertiary/aromatic N) is 3. The topological polar surface area (TPSA) is 30.7 Å². The average Bonchev–Trinajstić information content (AvgIpc) is 2.68. The van der Waals surface area contributed by atoms with Crippen molar-refractivity contribution in [2.45, 2.75) is 27.7 Å². The number of aryl methyl sites for hydroxylation is 2. The molecular formula is C16H21N3. The standard InChI is InChI=1S/C16H21N3/c1-7-9-11-15(12(3)4)16(10-8-2)19-13(5)17-18-14(19)6/h7-11H,2-3H2,1,4-6H3/b9-7-,15-11+,16-10+. The first-order valence-electron chi connectivity index (χ1n) is 6.23. The first-order valence-corrected chi connectivity index (χ1v) is 6.23. The van der Waals surface area contributed by atoms with E-state index in [1.807, 2.05) is 56.6 Å². The maximum absolute atomic E-state index is 4.10. The van der Waals surface area contributed by atoms with Gasteiger partial charge in [-0.25, -0.2) is 0 Å². The molecule has 0 saturated heterocycles. The highest BCUT2D eigenvalue weighted by atomic mass is 15.3. The maximum atomic E-state index is 4.10. The highest BCUT2D eigenvalue weighted by Crippen LogP contribution is 2.25. The molecule has 0 unspecified atom stereocenters. The Morgan fingerprint density at radius 3 is 2.16 bits per heavy atom. The molecule has 0 aromatic carbocycles. The minimum Gasteiger partial charge on any atom is -0.283 e. The zero-order valence-electron chi connectivity index (χ0n) is 12.1. The van der Waals surface area contributed by atoms with Crippen LogP contribution in [0.1, 0.15) is 25.5 Å². The fraction of sp³-hybridized carbons (Fsp3) is 0.250. The van der Waals surface area contributed by atoms with Crippen molar-refractivity contribution in [1.82, 2.24) is 14.8 Å². The fourth-order valence-electron chi connectivity index (χ4n) is 1.85. The normalized spacial score (nSPS) is 13.1. The highest BCUT2D eigenvalue weighted by Gasteiger charge is 2.13. The molecule has 0 aliphatic heterocycles. The van der Waals surface area contributed by atoms with Crippen molar-refractivity contribution in [2.75, 3.05) is 0 Å². The number of allylic oxidation sites excluding steroid dienone is 8. The lowest BCUT2D eigenvalue weighted by Crippen LogP contribution is -2.05. The second kappa shape index (κ2) is 6.69. The summed E-state index contributed by atoms with van der Waals surface area (Å²) < 4.78 is 2.01. The lowest BCUT2D eigenvalue weighted by Gasteiger charge is -2.15. The monoisotopic (exact) mass is 255 g/mol. The van der Waals surface area contributed by atoms with E-state index in [9.17, 15) is 0 Å².